The Kier molecular flexibility index (Phi) is 47.1. The monoisotopic (exact) mass is 920 g/mol. The number of carbonyl (C=O) groups is 3. The topological polar surface area (TPSA) is 102 Å². The summed E-state index contributed by atoms with van der Waals surface area (Å²) in [4.78, 5) is 37.1. The second kappa shape index (κ2) is 48.5. The first-order valence-electron chi connectivity index (χ1n) is 28.2. The van der Waals surface area contributed by atoms with E-state index in [1.807, 2.05) is 21.1 Å². The van der Waals surface area contributed by atoms with Crippen molar-refractivity contribution in [2.24, 2.45) is 0 Å². The molecule has 0 N–H and O–H groups in total. The van der Waals surface area contributed by atoms with E-state index < -0.39 is 18.1 Å². The van der Waals surface area contributed by atoms with Crippen LogP contribution in [0.5, 0.6) is 0 Å². The van der Waals surface area contributed by atoms with Crippen molar-refractivity contribution in [2.75, 3.05) is 41.0 Å². The SMILES string of the molecule is CCCCCCCCCC/C=C/CCCCCCCCCC(=O)OC(COCCC(C(=O)[O-])[N+](C)(C)C)COC(=O)CCCCCCCCCCCCCCCCCCCCCCCC. The number of allylic oxidation sites excluding steroid dienone is 2. The summed E-state index contributed by atoms with van der Waals surface area (Å²) in [7, 11) is 5.43. The van der Waals surface area contributed by atoms with Crippen molar-refractivity contribution < 1.29 is 38.2 Å². The average molecular weight is 920 g/mol. The van der Waals surface area contributed by atoms with Gasteiger partial charge in [-0.3, -0.25) is 9.59 Å². The van der Waals surface area contributed by atoms with Gasteiger partial charge in [-0.15, -0.1) is 0 Å². The molecule has 2 atom stereocenters. The van der Waals surface area contributed by atoms with Crippen LogP contribution >= 0.6 is 0 Å². The number of esters is 2. The Morgan fingerprint density at radius 3 is 1.11 bits per heavy atom. The highest BCUT2D eigenvalue weighted by atomic mass is 16.6. The number of rotatable bonds is 52. The fraction of sp³-hybridized carbons (Fsp3) is 0.912. The van der Waals surface area contributed by atoms with E-state index in [2.05, 4.69) is 26.0 Å². The highest BCUT2D eigenvalue weighted by molar-refractivity contribution is 5.70. The molecule has 65 heavy (non-hydrogen) atoms. The second-order valence-electron chi connectivity index (χ2n) is 20.5. The van der Waals surface area contributed by atoms with Gasteiger partial charge >= 0.3 is 11.9 Å². The molecule has 0 aliphatic carbocycles. The number of unbranched alkanes of at least 4 members (excludes halogenated alkanes) is 36. The van der Waals surface area contributed by atoms with Gasteiger partial charge < -0.3 is 28.6 Å². The molecule has 0 saturated carbocycles. The van der Waals surface area contributed by atoms with E-state index in [0.29, 0.717) is 12.8 Å². The molecular formula is C57H109NO7. The van der Waals surface area contributed by atoms with Gasteiger partial charge in [-0.1, -0.05) is 238 Å². The number of ether oxygens (including phenoxy) is 3. The molecule has 2 unspecified atom stereocenters. The van der Waals surface area contributed by atoms with Crippen LogP contribution in [0.4, 0.5) is 0 Å². The lowest BCUT2D eigenvalue weighted by Gasteiger charge is -2.34. The molecule has 0 radical (unpaired) electrons. The number of carbonyl (C=O) groups excluding carboxylic acids is 3. The Hall–Kier alpha value is -1.93. The Balaban J connectivity index is 4.14. The van der Waals surface area contributed by atoms with Crippen LogP contribution in [-0.2, 0) is 28.6 Å². The summed E-state index contributed by atoms with van der Waals surface area (Å²) in [6, 6.07) is -0.723. The van der Waals surface area contributed by atoms with Crippen molar-refractivity contribution in [1.82, 2.24) is 0 Å². The third kappa shape index (κ3) is 46.9. The Bertz CT molecular complexity index is 1070. The molecule has 0 spiro atoms. The molecule has 0 aromatic heterocycles. The van der Waals surface area contributed by atoms with Crippen molar-refractivity contribution >= 4 is 17.9 Å². The number of nitrogens with zero attached hydrogens (tertiary/aromatic N) is 1. The summed E-state index contributed by atoms with van der Waals surface area (Å²) < 4.78 is 17.3. The highest BCUT2D eigenvalue weighted by Gasteiger charge is 2.25. The minimum absolute atomic E-state index is 0.0454. The van der Waals surface area contributed by atoms with Gasteiger partial charge in [-0.05, 0) is 38.5 Å². The number of aliphatic carboxylic acids is 1. The second-order valence-corrected chi connectivity index (χ2v) is 20.5. The van der Waals surface area contributed by atoms with Crippen molar-refractivity contribution in [3.8, 4) is 0 Å². The third-order valence-electron chi connectivity index (χ3n) is 13.2. The first-order chi connectivity index (χ1) is 31.6. The fourth-order valence-electron chi connectivity index (χ4n) is 8.78. The number of carboxylic acids is 1. The summed E-state index contributed by atoms with van der Waals surface area (Å²) in [5.41, 5.74) is 0. The molecule has 0 aliphatic rings. The van der Waals surface area contributed by atoms with Gasteiger partial charge in [0.1, 0.15) is 12.6 Å². The Labute approximate surface area is 403 Å². The normalized spacial score (nSPS) is 12.8. The minimum Gasteiger partial charge on any atom is -0.544 e. The zero-order valence-corrected chi connectivity index (χ0v) is 43.9. The van der Waals surface area contributed by atoms with Crippen LogP contribution < -0.4 is 5.11 Å². The van der Waals surface area contributed by atoms with Crippen LogP contribution in [0.25, 0.3) is 0 Å². The molecule has 0 aliphatic heterocycles. The molecule has 0 aromatic rings. The summed E-state index contributed by atoms with van der Waals surface area (Å²) in [6.45, 7) is 4.72. The first kappa shape index (κ1) is 63.1. The predicted octanol–water partition coefficient (Wildman–Crippen LogP) is 15.3. The zero-order valence-electron chi connectivity index (χ0n) is 43.9. The summed E-state index contributed by atoms with van der Waals surface area (Å²) >= 11 is 0. The van der Waals surface area contributed by atoms with Gasteiger partial charge in [0.15, 0.2) is 6.10 Å². The molecule has 0 saturated heterocycles. The molecule has 0 rings (SSSR count). The molecule has 384 valence electrons. The van der Waals surface area contributed by atoms with Crippen molar-refractivity contribution in [2.45, 2.75) is 296 Å². The van der Waals surface area contributed by atoms with Gasteiger partial charge in [0.05, 0.1) is 40.3 Å². The van der Waals surface area contributed by atoms with Crippen molar-refractivity contribution in [1.29, 1.82) is 0 Å². The minimum atomic E-state index is -1.12. The van der Waals surface area contributed by atoms with Crippen LogP contribution in [0.15, 0.2) is 12.2 Å². The van der Waals surface area contributed by atoms with E-state index >= 15 is 0 Å². The van der Waals surface area contributed by atoms with Gasteiger partial charge in [0.2, 0.25) is 0 Å². The number of quaternary nitrogens is 1. The molecule has 8 heteroatoms. The van der Waals surface area contributed by atoms with Crippen LogP contribution in [-0.4, -0.2) is 75.5 Å². The van der Waals surface area contributed by atoms with E-state index in [-0.39, 0.29) is 42.7 Å². The van der Waals surface area contributed by atoms with E-state index in [4.69, 9.17) is 14.2 Å². The molecule has 8 nitrogen and oxygen atoms in total. The summed E-state index contributed by atoms with van der Waals surface area (Å²) in [5, 5.41) is 11.7. The standard InChI is InChI=1S/C57H109NO7/c1-6-8-10-12-14-16-18-20-22-24-26-27-28-30-31-33-35-37-39-41-43-45-47-55(59)64-52-53(51-63-50-49-54(57(61)62)58(3,4)5)65-56(60)48-46-44-42-40-38-36-34-32-29-25-23-21-19-17-15-13-11-9-7-2/h25,29,53-54H,6-24,26-28,30-52H2,1-5H3/b29-25+. The van der Waals surface area contributed by atoms with Crippen LogP contribution in [0.3, 0.4) is 0 Å². The third-order valence-corrected chi connectivity index (χ3v) is 13.2. The van der Waals surface area contributed by atoms with Crippen LogP contribution in [0, 0.1) is 0 Å². The molecule has 0 heterocycles. The average Bonchev–Trinajstić information content (AvgIpc) is 3.27. The quantitative estimate of drug-likeness (QED) is 0.0259. The Morgan fingerprint density at radius 2 is 0.769 bits per heavy atom. The highest BCUT2D eigenvalue weighted by Crippen LogP contribution is 2.17. The lowest BCUT2D eigenvalue weighted by molar-refractivity contribution is -0.889. The lowest BCUT2D eigenvalue weighted by Crippen LogP contribution is -2.55. The first-order valence-corrected chi connectivity index (χ1v) is 28.2. The summed E-state index contributed by atoms with van der Waals surface area (Å²) in [5.74, 6) is -1.71. The van der Waals surface area contributed by atoms with Gasteiger partial charge in [-0.25, -0.2) is 0 Å². The molecular weight excluding hydrogens is 811 g/mol. The van der Waals surface area contributed by atoms with Crippen LogP contribution in [0.2, 0.25) is 0 Å². The van der Waals surface area contributed by atoms with E-state index in [1.165, 1.54) is 212 Å². The van der Waals surface area contributed by atoms with E-state index in [0.717, 1.165) is 38.5 Å². The van der Waals surface area contributed by atoms with E-state index in [9.17, 15) is 19.5 Å². The maximum Gasteiger partial charge on any atom is 0.306 e. The van der Waals surface area contributed by atoms with Gasteiger partial charge in [-0.2, -0.15) is 0 Å². The zero-order chi connectivity index (χ0) is 47.7. The maximum atomic E-state index is 12.8. The van der Waals surface area contributed by atoms with Gasteiger partial charge in [0.25, 0.3) is 0 Å². The smallest absolute Gasteiger partial charge is 0.306 e. The van der Waals surface area contributed by atoms with E-state index in [1.54, 1.807) is 0 Å². The van der Waals surface area contributed by atoms with Crippen molar-refractivity contribution in [3.05, 3.63) is 12.2 Å². The number of likely N-dealkylation sites (N-methyl/N-ethyl adjacent to an activating group) is 1. The number of hydrogen-bond donors (Lipinski definition) is 0. The summed E-state index contributed by atoms with van der Waals surface area (Å²) in [6.07, 6.45) is 55.4. The van der Waals surface area contributed by atoms with Crippen molar-refractivity contribution in [3.63, 3.8) is 0 Å². The number of carboxylic acid groups (broad SMARTS) is 1. The molecule has 0 amide bonds. The fourth-order valence-corrected chi connectivity index (χ4v) is 8.78. The molecule has 0 aromatic carbocycles. The Morgan fingerprint density at radius 1 is 0.446 bits per heavy atom. The molecule has 0 bridgehead atoms. The largest absolute Gasteiger partial charge is 0.544 e. The molecule has 0 fully saturated rings. The predicted molar refractivity (Wildman–Crippen MR) is 273 cm³/mol. The van der Waals surface area contributed by atoms with Crippen LogP contribution in [0.1, 0.15) is 284 Å². The lowest BCUT2D eigenvalue weighted by atomic mass is 10.0. The number of hydrogen-bond acceptors (Lipinski definition) is 7. The maximum absolute atomic E-state index is 12.8. The van der Waals surface area contributed by atoms with Gasteiger partial charge in [0, 0.05) is 19.3 Å².